The Morgan fingerprint density at radius 3 is 1.14 bits per heavy atom. The highest BCUT2D eigenvalue weighted by Gasteiger charge is 2.17. The van der Waals surface area contributed by atoms with Crippen LogP contribution in [0.1, 0.15) is 5.56 Å². The average Bonchev–Trinajstić information content (AvgIpc) is 3.81. The first-order valence-electron chi connectivity index (χ1n) is 19.6. The van der Waals surface area contributed by atoms with Gasteiger partial charge in [0.15, 0.2) is 0 Å². The van der Waals surface area contributed by atoms with Gasteiger partial charge in [-0.15, -0.1) is 0 Å². The molecule has 2 aromatic heterocycles. The molecule has 0 atom stereocenters. The van der Waals surface area contributed by atoms with Gasteiger partial charge in [-0.2, -0.15) is 5.26 Å². The van der Waals surface area contributed by atoms with Crippen LogP contribution in [-0.4, -0.2) is 9.13 Å². The lowest BCUT2D eigenvalue weighted by molar-refractivity contribution is 1.18. The minimum atomic E-state index is 0.646. The van der Waals surface area contributed by atoms with E-state index in [0.717, 1.165) is 50.2 Å². The summed E-state index contributed by atoms with van der Waals surface area (Å²) >= 11 is 0. The third-order valence-electron chi connectivity index (χ3n) is 11.5. The molecule has 58 heavy (non-hydrogen) atoms. The van der Waals surface area contributed by atoms with Gasteiger partial charge in [0.05, 0.1) is 33.7 Å². The van der Waals surface area contributed by atoms with Crippen molar-refractivity contribution in [2.45, 2.75) is 0 Å². The van der Waals surface area contributed by atoms with Crippen LogP contribution in [0.15, 0.2) is 212 Å². The van der Waals surface area contributed by atoms with Gasteiger partial charge in [-0.05, 0) is 129 Å². The molecule has 11 rings (SSSR count). The van der Waals surface area contributed by atoms with E-state index in [1.165, 1.54) is 49.3 Å². The van der Waals surface area contributed by atoms with E-state index in [1.54, 1.807) is 0 Å². The number of nitriles is 1. The molecule has 0 fully saturated rings. The number of para-hydroxylation sites is 3. The van der Waals surface area contributed by atoms with Crippen molar-refractivity contribution in [3.8, 4) is 62.0 Å². The van der Waals surface area contributed by atoms with E-state index in [9.17, 15) is 5.26 Å². The molecule has 0 unspecified atom stereocenters. The van der Waals surface area contributed by atoms with Crippen molar-refractivity contribution in [3.63, 3.8) is 0 Å². The minimum absolute atomic E-state index is 0.646. The zero-order chi connectivity index (χ0) is 38.6. The second-order valence-corrected chi connectivity index (χ2v) is 14.9. The smallest absolute Gasteiger partial charge is 0.0992 e. The molecule has 0 spiro atoms. The lowest BCUT2D eigenvalue weighted by Crippen LogP contribution is -1.93. The Kier molecular flexibility index (Phi) is 7.88. The lowest BCUT2D eigenvalue weighted by Gasteiger charge is -2.10. The number of hydrogen-bond donors (Lipinski definition) is 0. The van der Waals surface area contributed by atoms with Crippen LogP contribution in [-0.2, 0) is 0 Å². The van der Waals surface area contributed by atoms with Gasteiger partial charge in [-0.1, -0.05) is 127 Å². The fraction of sp³-hybridized carbons (Fsp3) is 0. The molecule has 9 aromatic carbocycles. The summed E-state index contributed by atoms with van der Waals surface area (Å²) in [6, 6.07) is 78.0. The number of nitrogens with zero attached hydrogens (tertiary/aromatic N) is 3. The maximum Gasteiger partial charge on any atom is 0.0992 e. The first-order valence-corrected chi connectivity index (χ1v) is 19.6. The monoisotopic (exact) mass is 737 g/mol. The molecule has 0 amide bonds. The first-order chi connectivity index (χ1) is 28.7. The van der Waals surface area contributed by atoms with E-state index in [2.05, 4.69) is 197 Å². The molecule has 0 saturated carbocycles. The molecule has 2 heterocycles. The lowest BCUT2D eigenvalue weighted by atomic mass is 9.95. The van der Waals surface area contributed by atoms with E-state index in [1.807, 2.05) is 30.3 Å². The number of benzene rings is 9. The molecule has 0 N–H and O–H groups in total. The van der Waals surface area contributed by atoms with E-state index >= 15 is 0 Å². The van der Waals surface area contributed by atoms with Crippen LogP contribution in [0.5, 0.6) is 0 Å². The quantitative estimate of drug-likeness (QED) is 0.167. The van der Waals surface area contributed by atoms with Crippen LogP contribution in [0.4, 0.5) is 0 Å². The Balaban J connectivity index is 1.01. The maximum atomic E-state index is 10.0. The molecular formula is C55H35N3. The Labute approximate surface area is 336 Å². The normalized spacial score (nSPS) is 11.4. The molecular weight excluding hydrogens is 703 g/mol. The summed E-state index contributed by atoms with van der Waals surface area (Å²) in [6.07, 6.45) is 0. The van der Waals surface area contributed by atoms with Gasteiger partial charge in [-0.25, -0.2) is 0 Å². The molecule has 3 nitrogen and oxygen atoms in total. The molecule has 0 aliphatic heterocycles. The van der Waals surface area contributed by atoms with Gasteiger partial charge in [0.25, 0.3) is 0 Å². The maximum absolute atomic E-state index is 10.0. The fourth-order valence-corrected chi connectivity index (χ4v) is 8.76. The number of fused-ring (bicyclic) bond motifs is 6. The minimum Gasteiger partial charge on any atom is -0.309 e. The highest BCUT2D eigenvalue weighted by atomic mass is 15.0. The van der Waals surface area contributed by atoms with Crippen molar-refractivity contribution >= 4 is 43.6 Å². The van der Waals surface area contributed by atoms with Gasteiger partial charge in [-0.3, -0.25) is 0 Å². The molecule has 0 saturated heterocycles. The summed E-state index contributed by atoms with van der Waals surface area (Å²) in [6.45, 7) is 0. The average molecular weight is 738 g/mol. The predicted molar refractivity (Wildman–Crippen MR) is 242 cm³/mol. The van der Waals surface area contributed by atoms with Crippen molar-refractivity contribution in [2.75, 3.05) is 0 Å². The fourth-order valence-electron chi connectivity index (χ4n) is 8.76. The van der Waals surface area contributed by atoms with Crippen molar-refractivity contribution in [2.24, 2.45) is 0 Å². The van der Waals surface area contributed by atoms with Gasteiger partial charge in [0, 0.05) is 32.9 Å². The van der Waals surface area contributed by atoms with Crippen LogP contribution in [0.2, 0.25) is 0 Å². The van der Waals surface area contributed by atoms with Crippen LogP contribution < -0.4 is 0 Å². The van der Waals surface area contributed by atoms with Crippen molar-refractivity contribution in [3.05, 3.63) is 218 Å². The highest BCUT2D eigenvalue weighted by Crippen LogP contribution is 2.39. The van der Waals surface area contributed by atoms with E-state index in [-0.39, 0.29) is 0 Å². The molecule has 270 valence electrons. The van der Waals surface area contributed by atoms with Gasteiger partial charge < -0.3 is 9.13 Å². The Bertz CT molecular complexity index is 3370. The zero-order valence-electron chi connectivity index (χ0n) is 31.5. The highest BCUT2D eigenvalue weighted by molar-refractivity contribution is 6.12. The summed E-state index contributed by atoms with van der Waals surface area (Å²) in [5.41, 5.74) is 16.6. The third kappa shape index (κ3) is 5.59. The topological polar surface area (TPSA) is 33.6 Å². The van der Waals surface area contributed by atoms with Gasteiger partial charge in [0.2, 0.25) is 0 Å². The van der Waals surface area contributed by atoms with E-state index in [4.69, 9.17) is 0 Å². The third-order valence-corrected chi connectivity index (χ3v) is 11.5. The standard InChI is InChI=1S/C55H35N3/c56-36-37-30-44(38-12-4-1-5-13-38)32-45(31-37)43-26-29-55-51(35-43)50-34-42(25-28-54(50)58(55)47-16-8-3-9-17-47)40-22-20-39(21-23-40)41-24-27-53-49(33-41)48-18-10-11-19-52(48)57(53)46-14-6-2-7-15-46/h1-35H. The number of aromatic nitrogens is 2. The van der Waals surface area contributed by atoms with Gasteiger partial charge >= 0.3 is 0 Å². The van der Waals surface area contributed by atoms with Crippen LogP contribution >= 0.6 is 0 Å². The largest absolute Gasteiger partial charge is 0.309 e. The summed E-state index contributed by atoms with van der Waals surface area (Å²) < 4.78 is 4.71. The molecule has 0 bridgehead atoms. The predicted octanol–water partition coefficient (Wildman–Crippen LogP) is 14.4. The number of hydrogen-bond acceptors (Lipinski definition) is 1. The Morgan fingerprint density at radius 1 is 0.276 bits per heavy atom. The van der Waals surface area contributed by atoms with E-state index < -0.39 is 0 Å². The summed E-state index contributed by atoms with van der Waals surface area (Å²) in [5, 5.41) is 14.9. The molecule has 0 radical (unpaired) electrons. The Hall–Kier alpha value is -7.93. The molecule has 0 aliphatic rings. The van der Waals surface area contributed by atoms with Crippen LogP contribution in [0.3, 0.4) is 0 Å². The van der Waals surface area contributed by atoms with E-state index in [0.29, 0.717) is 5.56 Å². The summed E-state index contributed by atoms with van der Waals surface area (Å²) in [7, 11) is 0. The van der Waals surface area contributed by atoms with Gasteiger partial charge in [0.1, 0.15) is 0 Å². The van der Waals surface area contributed by atoms with Crippen molar-refractivity contribution in [1.82, 2.24) is 9.13 Å². The summed E-state index contributed by atoms with van der Waals surface area (Å²) in [5.74, 6) is 0. The second-order valence-electron chi connectivity index (χ2n) is 14.9. The zero-order valence-corrected chi connectivity index (χ0v) is 31.5. The second kappa shape index (κ2) is 13.7. The van der Waals surface area contributed by atoms with Crippen molar-refractivity contribution < 1.29 is 0 Å². The molecule has 3 heteroatoms. The first kappa shape index (κ1) is 33.4. The molecule has 11 aromatic rings. The van der Waals surface area contributed by atoms with Crippen LogP contribution in [0.25, 0.3) is 99.5 Å². The SMILES string of the molecule is N#Cc1cc(-c2ccccc2)cc(-c2ccc3c(c2)c2cc(-c4ccc(-c5ccc6c(c5)c5ccccc5n6-c5ccccc5)cc4)ccc2n3-c2ccccc2)c1. The van der Waals surface area contributed by atoms with Crippen LogP contribution in [0, 0.1) is 11.3 Å². The Morgan fingerprint density at radius 2 is 0.638 bits per heavy atom. The molecule has 0 aliphatic carbocycles. The van der Waals surface area contributed by atoms with Crippen molar-refractivity contribution in [1.29, 1.82) is 5.26 Å². The number of rotatable bonds is 6. The summed E-state index contributed by atoms with van der Waals surface area (Å²) in [4.78, 5) is 0.